The number of amides is 1. The number of hydrogen-bond acceptors (Lipinski definition) is 4. The molecular weight excluding hydrogens is 367 g/mol. The first-order valence-corrected chi connectivity index (χ1v) is 8.04. The predicted molar refractivity (Wildman–Crippen MR) is 79.1 cm³/mol. The number of anilines is 1. The fourth-order valence-corrected chi connectivity index (χ4v) is 4.21. The van der Waals surface area contributed by atoms with E-state index in [2.05, 4.69) is 32.9 Å². The molecule has 3 nitrogen and oxygen atoms in total. The minimum absolute atomic E-state index is 0.0587. The van der Waals surface area contributed by atoms with E-state index in [1.807, 2.05) is 11.4 Å². The highest BCUT2D eigenvalue weighted by molar-refractivity contribution is 14.1. The van der Waals surface area contributed by atoms with E-state index in [9.17, 15) is 4.79 Å². The lowest BCUT2D eigenvalue weighted by atomic mass is 10.3. The Kier molecular flexibility index (Phi) is 3.18. The highest BCUT2D eigenvalue weighted by Gasteiger charge is 2.18. The van der Waals surface area contributed by atoms with E-state index in [4.69, 9.17) is 0 Å². The molecule has 0 spiro atoms. The first kappa shape index (κ1) is 11.6. The Morgan fingerprint density at radius 2 is 2.35 bits per heavy atom. The summed E-state index contributed by atoms with van der Waals surface area (Å²) < 4.78 is 1.12. The third-order valence-electron chi connectivity index (χ3n) is 2.65. The van der Waals surface area contributed by atoms with Gasteiger partial charge in [-0.2, -0.15) is 0 Å². The van der Waals surface area contributed by atoms with Crippen LogP contribution < -0.4 is 5.32 Å². The van der Waals surface area contributed by atoms with Gasteiger partial charge in [0.15, 0.2) is 5.13 Å². The van der Waals surface area contributed by atoms with E-state index in [-0.39, 0.29) is 5.91 Å². The van der Waals surface area contributed by atoms with Gasteiger partial charge in [0.2, 0.25) is 0 Å². The Balaban J connectivity index is 1.76. The van der Waals surface area contributed by atoms with Crippen molar-refractivity contribution in [2.45, 2.75) is 19.3 Å². The van der Waals surface area contributed by atoms with Gasteiger partial charge in [0, 0.05) is 10.3 Å². The maximum absolute atomic E-state index is 11.9. The molecule has 88 valence electrons. The van der Waals surface area contributed by atoms with Crippen LogP contribution in [0, 0.1) is 2.88 Å². The second kappa shape index (κ2) is 4.66. The zero-order chi connectivity index (χ0) is 11.8. The van der Waals surface area contributed by atoms with Crippen LogP contribution in [0.25, 0.3) is 0 Å². The molecular formula is C11H9IN2OS2. The molecule has 0 atom stereocenters. The smallest absolute Gasteiger partial charge is 0.258 e. The molecule has 0 radical (unpaired) electrons. The van der Waals surface area contributed by atoms with E-state index < -0.39 is 0 Å². The van der Waals surface area contributed by atoms with Gasteiger partial charge in [0.1, 0.15) is 0 Å². The summed E-state index contributed by atoms with van der Waals surface area (Å²) in [5.74, 6) is -0.0587. The van der Waals surface area contributed by atoms with Gasteiger partial charge in [-0.3, -0.25) is 10.1 Å². The van der Waals surface area contributed by atoms with Gasteiger partial charge in [-0.1, -0.05) is 0 Å². The zero-order valence-corrected chi connectivity index (χ0v) is 12.6. The van der Waals surface area contributed by atoms with Crippen LogP contribution in [-0.2, 0) is 12.8 Å². The molecule has 0 unspecified atom stereocenters. The maximum Gasteiger partial charge on any atom is 0.258 e. The van der Waals surface area contributed by atoms with E-state index in [0.29, 0.717) is 0 Å². The molecule has 0 fully saturated rings. The molecule has 0 saturated heterocycles. The fraction of sp³-hybridized carbons (Fsp3) is 0.273. The van der Waals surface area contributed by atoms with Gasteiger partial charge in [0.25, 0.3) is 5.91 Å². The molecule has 0 aromatic carbocycles. The summed E-state index contributed by atoms with van der Waals surface area (Å²) in [6.07, 6.45) is 3.36. The Morgan fingerprint density at radius 3 is 3.06 bits per heavy atom. The van der Waals surface area contributed by atoms with Gasteiger partial charge >= 0.3 is 0 Å². The number of nitrogens with zero attached hydrogens (tertiary/aromatic N) is 1. The molecule has 0 bridgehead atoms. The summed E-state index contributed by atoms with van der Waals surface area (Å²) in [6.45, 7) is 0. The molecule has 2 heterocycles. The van der Waals surface area contributed by atoms with E-state index in [0.717, 1.165) is 26.4 Å². The van der Waals surface area contributed by atoms with Gasteiger partial charge in [-0.25, -0.2) is 4.98 Å². The number of thiophene rings is 1. The van der Waals surface area contributed by atoms with Crippen LogP contribution in [0.15, 0.2) is 11.4 Å². The first-order valence-electron chi connectivity index (χ1n) is 5.26. The van der Waals surface area contributed by atoms with E-state index >= 15 is 0 Å². The van der Waals surface area contributed by atoms with Crippen molar-refractivity contribution >= 4 is 56.3 Å². The van der Waals surface area contributed by atoms with Crippen LogP contribution >= 0.6 is 45.3 Å². The van der Waals surface area contributed by atoms with Crippen molar-refractivity contribution < 1.29 is 4.79 Å². The molecule has 0 saturated carbocycles. The summed E-state index contributed by atoms with van der Waals surface area (Å²) in [5.41, 5.74) is 1.89. The number of fused-ring (bicyclic) bond motifs is 1. The normalized spacial score (nSPS) is 13.7. The number of aryl methyl sites for hydroxylation is 2. The SMILES string of the molecule is O=C(Nc1nc2c(s1)CCC2)c1csc(I)c1. The van der Waals surface area contributed by atoms with Crippen molar-refractivity contribution in [2.24, 2.45) is 0 Å². The Morgan fingerprint density at radius 1 is 1.47 bits per heavy atom. The minimum atomic E-state index is -0.0587. The topological polar surface area (TPSA) is 42.0 Å². The third kappa shape index (κ3) is 2.38. The van der Waals surface area contributed by atoms with E-state index in [1.165, 1.54) is 17.0 Å². The molecule has 2 aromatic heterocycles. The number of aromatic nitrogens is 1. The second-order valence-electron chi connectivity index (χ2n) is 3.84. The van der Waals surface area contributed by atoms with Crippen LogP contribution in [0.5, 0.6) is 0 Å². The summed E-state index contributed by atoms with van der Waals surface area (Å²) in [7, 11) is 0. The van der Waals surface area contributed by atoms with Gasteiger partial charge in [-0.15, -0.1) is 22.7 Å². The molecule has 1 N–H and O–H groups in total. The highest BCUT2D eigenvalue weighted by Crippen LogP contribution is 2.30. The lowest BCUT2D eigenvalue weighted by Crippen LogP contribution is -2.10. The lowest BCUT2D eigenvalue weighted by Gasteiger charge is -1.98. The number of hydrogen-bond donors (Lipinski definition) is 1. The molecule has 1 aliphatic rings. The molecule has 17 heavy (non-hydrogen) atoms. The molecule has 3 rings (SSSR count). The standard InChI is InChI=1S/C11H9IN2OS2/c12-9-4-6(5-16-9)10(15)14-11-13-7-2-1-3-8(7)17-11/h4-5H,1-3H2,(H,13,14,15). The number of carbonyl (C=O) groups excluding carboxylic acids is 1. The van der Waals surface area contributed by atoms with Crippen molar-refractivity contribution in [3.63, 3.8) is 0 Å². The fourth-order valence-electron chi connectivity index (χ4n) is 1.84. The van der Waals surface area contributed by atoms with Crippen LogP contribution in [-0.4, -0.2) is 10.9 Å². The second-order valence-corrected chi connectivity index (χ2v) is 7.73. The Hall–Kier alpha value is -0.470. The third-order valence-corrected chi connectivity index (χ3v) is 5.51. The average Bonchev–Trinajstić information content (AvgIpc) is 2.92. The van der Waals surface area contributed by atoms with Crippen LogP contribution in [0.4, 0.5) is 5.13 Å². The summed E-state index contributed by atoms with van der Waals surface area (Å²) >= 11 is 5.40. The number of nitrogens with one attached hydrogen (secondary N) is 1. The Labute approximate surface area is 120 Å². The minimum Gasteiger partial charge on any atom is -0.298 e. The number of rotatable bonds is 2. The molecule has 6 heteroatoms. The number of carbonyl (C=O) groups is 1. The highest BCUT2D eigenvalue weighted by atomic mass is 127. The lowest BCUT2D eigenvalue weighted by molar-refractivity contribution is 0.102. The predicted octanol–water partition coefficient (Wildman–Crippen LogP) is 3.55. The maximum atomic E-state index is 11.9. The van der Waals surface area contributed by atoms with Crippen LogP contribution in [0.3, 0.4) is 0 Å². The average molecular weight is 376 g/mol. The van der Waals surface area contributed by atoms with E-state index in [1.54, 1.807) is 22.7 Å². The van der Waals surface area contributed by atoms with Crippen molar-refractivity contribution in [1.29, 1.82) is 0 Å². The largest absolute Gasteiger partial charge is 0.298 e. The Bertz CT molecular complexity index is 554. The van der Waals surface area contributed by atoms with Crippen molar-refractivity contribution in [3.8, 4) is 0 Å². The van der Waals surface area contributed by atoms with Crippen LogP contribution in [0.2, 0.25) is 0 Å². The van der Waals surface area contributed by atoms with Crippen molar-refractivity contribution in [2.75, 3.05) is 5.32 Å². The first-order chi connectivity index (χ1) is 8.22. The summed E-state index contributed by atoms with van der Waals surface area (Å²) in [5, 5.41) is 5.48. The zero-order valence-electron chi connectivity index (χ0n) is 8.83. The molecule has 1 amide bonds. The quantitative estimate of drug-likeness (QED) is 0.815. The number of thiazole rings is 1. The van der Waals surface area contributed by atoms with Crippen molar-refractivity contribution in [1.82, 2.24) is 4.98 Å². The summed E-state index contributed by atoms with van der Waals surface area (Å²) in [4.78, 5) is 17.7. The summed E-state index contributed by atoms with van der Waals surface area (Å²) in [6, 6.07) is 1.89. The van der Waals surface area contributed by atoms with Crippen LogP contribution in [0.1, 0.15) is 27.3 Å². The molecule has 0 aliphatic heterocycles. The molecule has 1 aliphatic carbocycles. The van der Waals surface area contributed by atoms with Crippen molar-refractivity contribution in [3.05, 3.63) is 30.5 Å². The van der Waals surface area contributed by atoms with Gasteiger partial charge < -0.3 is 0 Å². The van der Waals surface area contributed by atoms with Gasteiger partial charge in [0.05, 0.1) is 14.1 Å². The number of halogens is 1. The monoisotopic (exact) mass is 376 g/mol. The van der Waals surface area contributed by atoms with Gasteiger partial charge in [-0.05, 0) is 47.9 Å². The molecule has 2 aromatic rings.